The first-order valence-corrected chi connectivity index (χ1v) is 7.92. The largest absolute Gasteiger partial charge is 0.508 e. The molecule has 0 radical (unpaired) electrons. The SMILES string of the molecule is Oc1ccc(/C=C2\CCCc3cc4ccc(O)cc4[o+]c32)c(O)c1. The van der Waals surface area contributed by atoms with Crippen LogP contribution in [0.1, 0.15) is 29.7 Å². The number of allylic oxidation sites excluding steroid dienone is 1. The predicted octanol–water partition coefficient (Wildman–Crippen LogP) is 4.71. The van der Waals surface area contributed by atoms with E-state index in [1.165, 1.54) is 6.07 Å². The first-order valence-electron chi connectivity index (χ1n) is 7.92. The van der Waals surface area contributed by atoms with Crippen molar-refractivity contribution in [2.45, 2.75) is 19.3 Å². The number of rotatable bonds is 1. The second kappa shape index (κ2) is 5.57. The van der Waals surface area contributed by atoms with Gasteiger partial charge in [0, 0.05) is 11.6 Å². The Kier molecular flexibility index (Phi) is 3.38. The maximum absolute atomic E-state index is 10.0. The maximum Gasteiger partial charge on any atom is 0.364 e. The number of aromatic hydroxyl groups is 3. The van der Waals surface area contributed by atoms with Gasteiger partial charge < -0.3 is 15.3 Å². The van der Waals surface area contributed by atoms with Crippen molar-refractivity contribution >= 4 is 22.6 Å². The van der Waals surface area contributed by atoms with Gasteiger partial charge in [0.05, 0.1) is 22.6 Å². The first-order chi connectivity index (χ1) is 11.6. The van der Waals surface area contributed by atoms with Crippen LogP contribution in [0.15, 0.2) is 46.9 Å². The highest BCUT2D eigenvalue weighted by Crippen LogP contribution is 2.37. The standard InChI is InChI=1S/C20H16O4/c21-16-6-4-12(18(23)10-16)8-14-2-1-3-15-9-13-5-7-17(22)11-19(13)24-20(14)15/h4-11H,1-3H2,(H2-,21,22,23)/p+1/b14-8+. The Bertz CT molecular complexity index is 973. The summed E-state index contributed by atoms with van der Waals surface area (Å²) in [5.74, 6) is 1.04. The van der Waals surface area contributed by atoms with Crippen molar-refractivity contribution < 1.29 is 19.7 Å². The van der Waals surface area contributed by atoms with E-state index in [-0.39, 0.29) is 17.2 Å². The number of benzene rings is 2. The highest BCUT2D eigenvalue weighted by molar-refractivity contribution is 5.87. The smallest absolute Gasteiger partial charge is 0.364 e. The molecular weight excluding hydrogens is 304 g/mol. The average Bonchev–Trinajstić information content (AvgIpc) is 2.56. The lowest BCUT2D eigenvalue weighted by Crippen LogP contribution is -2.02. The molecule has 24 heavy (non-hydrogen) atoms. The van der Waals surface area contributed by atoms with Gasteiger partial charge in [-0.3, -0.25) is 0 Å². The summed E-state index contributed by atoms with van der Waals surface area (Å²) in [5.41, 5.74) is 3.41. The molecule has 0 saturated heterocycles. The summed E-state index contributed by atoms with van der Waals surface area (Å²) >= 11 is 0. The summed E-state index contributed by atoms with van der Waals surface area (Å²) in [5, 5.41) is 30.1. The number of hydrogen-bond acceptors (Lipinski definition) is 3. The second-order valence-corrected chi connectivity index (χ2v) is 6.09. The van der Waals surface area contributed by atoms with E-state index in [9.17, 15) is 15.3 Å². The molecule has 120 valence electrons. The molecule has 1 heterocycles. The molecule has 0 atom stereocenters. The Balaban J connectivity index is 1.87. The Morgan fingerprint density at radius 1 is 0.875 bits per heavy atom. The molecular formula is C20H17O4+. The Morgan fingerprint density at radius 3 is 2.50 bits per heavy atom. The number of aryl methyl sites for hydroxylation is 1. The molecule has 4 nitrogen and oxygen atoms in total. The van der Waals surface area contributed by atoms with Crippen LogP contribution in [0, 0.1) is 0 Å². The van der Waals surface area contributed by atoms with Crippen LogP contribution in [0.2, 0.25) is 0 Å². The van der Waals surface area contributed by atoms with Crippen molar-refractivity contribution in [2.24, 2.45) is 0 Å². The lowest BCUT2D eigenvalue weighted by Gasteiger charge is -2.11. The summed E-state index contributed by atoms with van der Waals surface area (Å²) in [6.07, 6.45) is 4.69. The third-order valence-corrected chi connectivity index (χ3v) is 4.36. The Morgan fingerprint density at radius 2 is 1.67 bits per heavy atom. The molecule has 1 aliphatic carbocycles. The minimum atomic E-state index is 0.0323. The lowest BCUT2D eigenvalue weighted by atomic mass is 9.90. The van der Waals surface area contributed by atoms with Gasteiger partial charge in [-0.25, -0.2) is 4.42 Å². The van der Waals surface area contributed by atoms with E-state index in [0.29, 0.717) is 11.1 Å². The van der Waals surface area contributed by atoms with Crippen molar-refractivity contribution in [3.8, 4) is 17.2 Å². The van der Waals surface area contributed by atoms with Gasteiger partial charge in [-0.15, -0.1) is 0 Å². The van der Waals surface area contributed by atoms with E-state index in [1.54, 1.807) is 24.3 Å². The minimum absolute atomic E-state index is 0.0323. The van der Waals surface area contributed by atoms with Gasteiger partial charge in [0.2, 0.25) is 0 Å². The first kappa shape index (κ1) is 14.6. The zero-order valence-electron chi connectivity index (χ0n) is 13.0. The van der Waals surface area contributed by atoms with Crippen molar-refractivity contribution in [3.63, 3.8) is 0 Å². The fraction of sp³-hybridized carbons (Fsp3) is 0.150. The Labute approximate surface area is 138 Å². The van der Waals surface area contributed by atoms with Gasteiger partial charge in [0.15, 0.2) is 0 Å². The molecule has 1 aliphatic rings. The third-order valence-electron chi connectivity index (χ3n) is 4.36. The van der Waals surface area contributed by atoms with Crippen molar-refractivity contribution in [1.29, 1.82) is 0 Å². The molecule has 0 saturated carbocycles. The van der Waals surface area contributed by atoms with Gasteiger partial charge in [-0.05, 0) is 55.7 Å². The number of phenolic OH excluding ortho intramolecular Hbond substituents is 3. The molecule has 0 unspecified atom stereocenters. The molecule has 0 bridgehead atoms. The summed E-state index contributed by atoms with van der Waals surface area (Å²) in [6, 6.07) is 11.8. The van der Waals surface area contributed by atoms with Crippen LogP contribution in [0.4, 0.5) is 0 Å². The molecule has 2 aromatic carbocycles. The normalized spacial score (nSPS) is 15.6. The summed E-state index contributed by atoms with van der Waals surface area (Å²) in [6.45, 7) is 0. The van der Waals surface area contributed by atoms with E-state index in [2.05, 4.69) is 6.07 Å². The number of fused-ring (bicyclic) bond motifs is 2. The van der Waals surface area contributed by atoms with Crippen LogP contribution >= 0.6 is 0 Å². The summed E-state index contributed by atoms with van der Waals surface area (Å²) in [7, 11) is 0. The van der Waals surface area contributed by atoms with Crippen molar-refractivity contribution in [1.82, 2.24) is 0 Å². The second-order valence-electron chi connectivity index (χ2n) is 6.09. The molecule has 4 rings (SSSR count). The molecule has 0 fully saturated rings. The quantitative estimate of drug-likeness (QED) is 0.568. The fourth-order valence-electron chi connectivity index (χ4n) is 3.18. The summed E-state index contributed by atoms with van der Waals surface area (Å²) < 4.78 is 6.05. The average molecular weight is 321 g/mol. The third kappa shape index (κ3) is 2.56. The summed E-state index contributed by atoms with van der Waals surface area (Å²) in [4.78, 5) is 0. The van der Waals surface area contributed by atoms with E-state index in [0.717, 1.165) is 41.5 Å². The molecule has 3 N–H and O–H groups in total. The van der Waals surface area contributed by atoms with Gasteiger partial charge in [-0.2, -0.15) is 0 Å². The zero-order valence-corrected chi connectivity index (χ0v) is 13.0. The maximum atomic E-state index is 10.0. The van der Waals surface area contributed by atoms with Crippen LogP contribution in [-0.4, -0.2) is 15.3 Å². The van der Waals surface area contributed by atoms with Crippen molar-refractivity contribution in [2.75, 3.05) is 0 Å². The molecule has 3 aromatic rings. The van der Waals surface area contributed by atoms with Crippen LogP contribution in [0.3, 0.4) is 0 Å². The van der Waals surface area contributed by atoms with Gasteiger partial charge in [0.25, 0.3) is 0 Å². The highest BCUT2D eigenvalue weighted by Gasteiger charge is 2.27. The topological polar surface area (TPSA) is 72.0 Å². The number of hydrogen-bond donors (Lipinski definition) is 3. The van der Waals surface area contributed by atoms with Crippen LogP contribution < -0.4 is 0 Å². The van der Waals surface area contributed by atoms with Crippen LogP contribution in [0.25, 0.3) is 22.6 Å². The Hall–Kier alpha value is -3.01. The van der Waals surface area contributed by atoms with E-state index >= 15 is 0 Å². The molecule has 4 heteroatoms. The highest BCUT2D eigenvalue weighted by atomic mass is 16.3. The van der Waals surface area contributed by atoms with E-state index in [1.807, 2.05) is 12.1 Å². The minimum Gasteiger partial charge on any atom is -0.508 e. The van der Waals surface area contributed by atoms with Crippen molar-refractivity contribution in [3.05, 3.63) is 59.4 Å². The molecule has 0 amide bonds. The van der Waals surface area contributed by atoms with Crippen LogP contribution in [0.5, 0.6) is 17.2 Å². The van der Waals surface area contributed by atoms with Gasteiger partial charge in [0.1, 0.15) is 17.2 Å². The monoisotopic (exact) mass is 321 g/mol. The lowest BCUT2D eigenvalue weighted by molar-refractivity contribution is 0.450. The van der Waals surface area contributed by atoms with Gasteiger partial charge >= 0.3 is 11.3 Å². The molecule has 0 aliphatic heterocycles. The number of phenols is 3. The van der Waals surface area contributed by atoms with Crippen LogP contribution in [-0.2, 0) is 6.42 Å². The predicted molar refractivity (Wildman–Crippen MR) is 92.9 cm³/mol. The molecule has 1 aromatic heterocycles. The van der Waals surface area contributed by atoms with E-state index in [4.69, 9.17) is 4.42 Å². The van der Waals surface area contributed by atoms with E-state index < -0.39 is 0 Å². The fourth-order valence-corrected chi connectivity index (χ4v) is 3.18. The molecule has 0 spiro atoms. The zero-order chi connectivity index (χ0) is 16.7. The van der Waals surface area contributed by atoms with Gasteiger partial charge in [-0.1, -0.05) is 0 Å².